The first-order valence-corrected chi connectivity index (χ1v) is 8.56. The minimum absolute atomic E-state index is 0.0389. The van der Waals surface area contributed by atoms with E-state index in [9.17, 15) is 4.79 Å². The van der Waals surface area contributed by atoms with Crippen LogP contribution in [0.1, 0.15) is 44.0 Å². The fourth-order valence-corrected chi connectivity index (χ4v) is 3.75. The van der Waals surface area contributed by atoms with Gasteiger partial charge in [-0.2, -0.15) is 5.10 Å². The van der Waals surface area contributed by atoms with Gasteiger partial charge in [0.25, 0.3) is 0 Å². The second-order valence-electron chi connectivity index (χ2n) is 5.34. The van der Waals surface area contributed by atoms with E-state index in [1.807, 2.05) is 6.26 Å². The lowest BCUT2D eigenvalue weighted by molar-refractivity contribution is -0.118. The highest BCUT2D eigenvalue weighted by molar-refractivity contribution is 8.02. The number of hydrogen-bond acceptors (Lipinski definition) is 5. The first kappa shape index (κ1) is 14.6. The van der Waals surface area contributed by atoms with E-state index in [0.717, 1.165) is 31.3 Å². The van der Waals surface area contributed by atoms with Crippen molar-refractivity contribution < 1.29 is 9.53 Å². The van der Waals surface area contributed by atoms with E-state index >= 15 is 0 Å². The largest absolute Gasteiger partial charge is 0.368 e. The maximum absolute atomic E-state index is 12.6. The van der Waals surface area contributed by atoms with Gasteiger partial charge in [0, 0.05) is 12.2 Å². The van der Waals surface area contributed by atoms with Crippen LogP contribution in [0.15, 0.2) is 16.8 Å². The molecule has 0 bridgehead atoms. The molecule has 3 rings (SSSR count). The third-order valence-electron chi connectivity index (χ3n) is 4.05. The molecule has 1 fully saturated rings. The Morgan fingerprint density at radius 1 is 1.48 bits per heavy atom. The minimum atomic E-state index is -0.224. The van der Waals surface area contributed by atoms with E-state index in [0.29, 0.717) is 12.4 Å². The van der Waals surface area contributed by atoms with Crippen LogP contribution >= 0.6 is 11.8 Å². The van der Waals surface area contributed by atoms with E-state index in [2.05, 4.69) is 20.5 Å². The van der Waals surface area contributed by atoms with Crippen molar-refractivity contribution in [2.75, 3.05) is 12.9 Å². The minimum Gasteiger partial charge on any atom is -0.368 e. The quantitative estimate of drug-likeness (QED) is 0.888. The van der Waals surface area contributed by atoms with Crippen molar-refractivity contribution in [2.24, 2.45) is 0 Å². The van der Waals surface area contributed by atoms with E-state index in [-0.39, 0.29) is 18.1 Å². The summed E-state index contributed by atoms with van der Waals surface area (Å²) in [6.45, 7) is 0.630. The Bertz CT molecular complexity index is 529. The summed E-state index contributed by atoms with van der Waals surface area (Å²) in [5, 5.41) is 9.81. The average Bonchev–Trinajstić information content (AvgIpc) is 3.17. The van der Waals surface area contributed by atoms with Crippen LogP contribution in [-0.2, 0) is 9.53 Å². The topological polar surface area (TPSA) is 79.9 Å². The summed E-state index contributed by atoms with van der Waals surface area (Å²) in [5.41, 5.74) is 0.956. The van der Waals surface area contributed by atoms with E-state index in [1.54, 1.807) is 11.8 Å². The summed E-state index contributed by atoms with van der Waals surface area (Å²) in [6.07, 6.45) is 8.27. The maximum Gasteiger partial charge on any atom is 0.248 e. The molecule has 2 aliphatic rings. The molecule has 1 aromatic heterocycles. The second kappa shape index (κ2) is 6.62. The number of thioether (sulfide) groups is 1. The zero-order valence-corrected chi connectivity index (χ0v) is 12.9. The zero-order chi connectivity index (χ0) is 14.7. The van der Waals surface area contributed by atoms with Crippen molar-refractivity contribution in [3.8, 4) is 0 Å². The van der Waals surface area contributed by atoms with Crippen molar-refractivity contribution in [3.63, 3.8) is 0 Å². The number of allylic oxidation sites excluding steroid dienone is 1. The molecule has 6 nitrogen and oxygen atoms in total. The number of aromatic nitrogens is 3. The molecule has 1 aliphatic heterocycles. The molecule has 21 heavy (non-hydrogen) atoms. The van der Waals surface area contributed by atoms with Gasteiger partial charge in [-0.3, -0.25) is 9.89 Å². The molecule has 2 heterocycles. The summed E-state index contributed by atoms with van der Waals surface area (Å²) in [7, 11) is 0. The molecule has 1 saturated heterocycles. The lowest BCUT2D eigenvalue weighted by Crippen LogP contribution is -2.38. The van der Waals surface area contributed by atoms with Crippen LogP contribution in [0, 0.1) is 0 Å². The van der Waals surface area contributed by atoms with Crippen LogP contribution in [0.5, 0.6) is 0 Å². The lowest BCUT2D eigenvalue weighted by Gasteiger charge is -2.22. The smallest absolute Gasteiger partial charge is 0.248 e. The Labute approximate surface area is 128 Å². The summed E-state index contributed by atoms with van der Waals surface area (Å²) in [5.74, 6) is 0.736. The van der Waals surface area contributed by atoms with Crippen LogP contribution < -0.4 is 5.32 Å². The van der Waals surface area contributed by atoms with Crippen LogP contribution in [0.25, 0.3) is 0 Å². The van der Waals surface area contributed by atoms with E-state index < -0.39 is 0 Å². The Kier molecular flexibility index (Phi) is 4.60. The number of hydrogen-bond donors (Lipinski definition) is 2. The number of ether oxygens (including phenoxy) is 1. The predicted octanol–water partition coefficient (Wildman–Crippen LogP) is 1.94. The van der Waals surface area contributed by atoms with Crippen molar-refractivity contribution >= 4 is 17.7 Å². The van der Waals surface area contributed by atoms with E-state index in [4.69, 9.17) is 4.74 Å². The monoisotopic (exact) mass is 308 g/mol. The lowest BCUT2D eigenvalue weighted by atomic mass is 9.98. The second-order valence-corrected chi connectivity index (χ2v) is 6.24. The number of H-pyrrole nitrogens is 1. The highest BCUT2D eigenvalue weighted by Crippen LogP contribution is 2.32. The number of nitrogens with zero attached hydrogens (tertiary/aromatic N) is 2. The van der Waals surface area contributed by atoms with Gasteiger partial charge in [-0.25, -0.2) is 4.98 Å². The molecule has 2 N–H and O–H groups in total. The van der Waals surface area contributed by atoms with Gasteiger partial charge in [0.2, 0.25) is 5.91 Å². The molecule has 1 aromatic rings. The highest BCUT2D eigenvalue weighted by Gasteiger charge is 2.34. The molecule has 7 heteroatoms. The molecule has 0 aromatic carbocycles. The van der Waals surface area contributed by atoms with Gasteiger partial charge in [-0.05, 0) is 43.3 Å². The molecular weight excluding hydrogens is 288 g/mol. The fraction of sp³-hybridized carbons (Fsp3) is 0.643. The SMILES string of the molecule is CSC1=C(C(=O)N[C@@H]2CCO[C@@H]2c2ncn[nH]2)CCCC1. The molecule has 1 amide bonds. The molecule has 0 saturated carbocycles. The van der Waals surface area contributed by atoms with Crippen molar-refractivity contribution in [1.82, 2.24) is 20.5 Å². The van der Waals surface area contributed by atoms with Crippen LogP contribution in [0.4, 0.5) is 0 Å². The zero-order valence-electron chi connectivity index (χ0n) is 12.1. The summed E-state index contributed by atoms with van der Waals surface area (Å²) in [6, 6.07) is -0.0389. The Balaban J connectivity index is 1.70. The van der Waals surface area contributed by atoms with Gasteiger partial charge in [-0.15, -0.1) is 11.8 Å². The number of aromatic amines is 1. The molecule has 1 aliphatic carbocycles. The van der Waals surface area contributed by atoms with Gasteiger partial charge >= 0.3 is 0 Å². The van der Waals surface area contributed by atoms with Gasteiger partial charge < -0.3 is 10.1 Å². The predicted molar refractivity (Wildman–Crippen MR) is 80.6 cm³/mol. The average molecular weight is 308 g/mol. The molecule has 0 spiro atoms. The Hall–Kier alpha value is -1.34. The van der Waals surface area contributed by atoms with Crippen LogP contribution in [-0.4, -0.2) is 40.0 Å². The molecule has 0 radical (unpaired) electrons. The number of carbonyl (C=O) groups is 1. The van der Waals surface area contributed by atoms with Crippen LogP contribution in [0.2, 0.25) is 0 Å². The van der Waals surface area contributed by atoms with Crippen molar-refractivity contribution in [2.45, 2.75) is 44.2 Å². The highest BCUT2D eigenvalue weighted by atomic mass is 32.2. The third-order valence-corrected chi connectivity index (χ3v) is 4.99. The molecular formula is C14H20N4O2S. The molecule has 0 unspecified atom stereocenters. The van der Waals surface area contributed by atoms with Gasteiger partial charge in [-0.1, -0.05) is 0 Å². The standard InChI is InChI=1S/C14H20N4O2S/c1-21-11-5-3-2-4-9(11)14(19)17-10-6-7-20-12(10)13-15-8-16-18-13/h8,10,12H,2-7H2,1H3,(H,17,19)(H,15,16,18)/t10-,12+/m1/s1. The fourth-order valence-electron chi connectivity index (χ4n) is 2.96. The van der Waals surface area contributed by atoms with Gasteiger partial charge in [0.05, 0.1) is 6.04 Å². The van der Waals surface area contributed by atoms with Crippen molar-refractivity contribution in [3.05, 3.63) is 22.6 Å². The maximum atomic E-state index is 12.6. The third kappa shape index (κ3) is 3.13. The van der Waals surface area contributed by atoms with Gasteiger partial charge in [0.1, 0.15) is 12.4 Å². The molecule has 114 valence electrons. The number of nitrogens with one attached hydrogen (secondary N) is 2. The summed E-state index contributed by atoms with van der Waals surface area (Å²) < 4.78 is 5.68. The Morgan fingerprint density at radius 3 is 3.10 bits per heavy atom. The van der Waals surface area contributed by atoms with Crippen LogP contribution in [0.3, 0.4) is 0 Å². The normalized spacial score (nSPS) is 26.1. The van der Waals surface area contributed by atoms with Gasteiger partial charge in [0.15, 0.2) is 5.82 Å². The van der Waals surface area contributed by atoms with E-state index in [1.165, 1.54) is 17.7 Å². The molecule has 2 atom stereocenters. The first-order chi connectivity index (χ1) is 10.3. The Morgan fingerprint density at radius 2 is 2.33 bits per heavy atom. The first-order valence-electron chi connectivity index (χ1n) is 7.33. The number of rotatable bonds is 4. The van der Waals surface area contributed by atoms with Crippen molar-refractivity contribution in [1.29, 1.82) is 0 Å². The number of amides is 1. The summed E-state index contributed by atoms with van der Waals surface area (Å²) in [4.78, 5) is 17.9. The number of carbonyl (C=O) groups excluding carboxylic acids is 1. The summed E-state index contributed by atoms with van der Waals surface area (Å²) >= 11 is 1.70.